The maximum absolute atomic E-state index is 13.4. The van der Waals surface area contributed by atoms with Gasteiger partial charge in [-0.3, -0.25) is 38.9 Å². The summed E-state index contributed by atoms with van der Waals surface area (Å²) >= 11 is 0. The van der Waals surface area contributed by atoms with E-state index in [0.29, 0.717) is 34.7 Å². The summed E-state index contributed by atoms with van der Waals surface area (Å²) in [6.07, 6.45) is 2.75. The molecule has 1 unspecified atom stereocenters. The van der Waals surface area contributed by atoms with Crippen molar-refractivity contribution in [3.05, 3.63) is 82.8 Å². The molecule has 2 aliphatic carbocycles. The number of aromatic nitrogens is 3. The van der Waals surface area contributed by atoms with E-state index in [0.717, 1.165) is 68.6 Å². The van der Waals surface area contributed by atoms with Gasteiger partial charge in [-0.15, -0.1) is 0 Å². The van der Waals surface area contributed by atoms with E-state index in [-0.39, 0.29) is 47.8 Å². The minimum atomic E-state index is -4.70. The molecule has 5 amide bonds. The molecular formula is C44H49F3N8O7. The number of carbonyl (C=O) groups excluding carboxylic acids is 5. The van der Waals surface area contributed by atoms with Crippen LogP contribution < -0.4 is 16.0 Å². The molecule has 3 fully saturated rings. The lowest BCUT2D eigenvalue weighted by Gasteiger charge is -2.37. The molecule has 2 aliphatic heterocycles. The molecule has 15 nitrogen and oxygen atoms in total. The highest BCUT2D eigenvalue weighted by Crippen LogP contribution is 2.38. The lowest BCUT2D eigenvalue weighted by Crippen LogP contribution is -2.54. The summed E-state index contributed by atoms with van der Waals surface area (Å²) in [6, 6.07) is 10.8. The first kappa shape index (κ1) is 42.9. The first-order valence-corrected chi connectivity index (χ1v) is 21.0. The van der Waals surface area contributed by atoms with Gasteiger partial charge in [0, 0.05) is 54.1 Å². The molecule has 62 heavy (non-hydrogen) atoms. The second kappa shape index (κ2) is 16.9. The second-order valence-electron chi connectivity index (χ2n) is 17.4. The number of imide groups is 2. The number of fused-ring (bicyclic) bond motifs is 2. The standard InChI is InChI=1S/C44H49F3N8O7/c1-43(2,61)30-21-33-25(18-34(30)50-39(57)32-8-5-9-36(49-32)44(45,46)47)23-54(52-33)27-12-10-24(11-13-27)22-53(3)16-17-62-28-19-26(20-28)48-31-7-4-6-29-38(31)42(60)55(41(29)59)35-14-15-37(56)51-40(35)58/h4-9,18,21,23-24,26-28,35,48,61H,10-17,19-20,22H2,1-3H3,(H,50,57)(H,51,56,58). The van der Waals surface area contributed by atoms with E-state index in [2.05, 4.69) is 32.9 Å². The SMILES string of the molecule is CN(CCOC1CC(Nc2cccc3c2C(=O)N(C2CCC(=O)NC2=O)C3=O)C1)CC1CCC(n2cc3cc(NC(=O)c4cccc(C(F)(F)F)n4)c(C(C)(C)O)cc3n2)CC1. The molecule has 4 N–H and O–H groups in total. The van der Waals surface area contributed by atoms with E-state index in [1.807, 2.05) is 10.9 Å². The van der Waals surface area contributed by atoms with E-state index in [1.54, 1.807) is 44.2 Å². The van der Waals surface area contributed by atoms with Gasteiger partial charge in [-0.2, -0.15) is 18.3 Å². The molecule has 0 radical (unpaired) electrons. The molecule has 0 bridgehead atoms. The normalized spacial score (nSPS) is 23.1. The van der Waals surface area contributed by atoms with Gasteiger partial charge in [-0.25, -0.2) is 4.98 Å². The van der Waals surface area contributed by atoms with Crippen LogP contribution in [0.3, 0.4) is 0 Å². The number of hydrogen-bond acceptors (Lipinski definition) is 11. The number of nitrogens with zero attached hydrogens (tertiary/aromatic N) is 5. The average molecular weight is 859 g/mol. The summed E-state index contributed by atoms with van der Waals surface area (Å²) in [4.78, 5) is 70.5. The van der Waals surface area contributed by atoms with Crippen LogP contribution in [-0.2, 0) is 26.1 Å². The third-order valence-corrected chi connectivity index (χ3v) is 12.4. The van der Waals surface area contributed by atoms with Crippen LogP contribution in [0.2, 0.25) is 0 Å². The average Bonchev–Trinajstić information content (AvgIpc) is 3.73. The predicted octanol–water partition coefficient (Wildman–Crippen LogP) is 5.65. The summed E-state index contributed by atoms with van der Waals surface area (Å²) < 4.78 is 47.9. The van der Waals surface area contributed by atoms with E-state index in [4.69, 9.17) is 9.84 Å². The van der Waals surface area contributed by atoms with Crippen LogP contribution in [0, 0.1) is 5.92 Å². The van der Waals surface area contributed by atoms with Gasteiger partial charge in [-0.1, -0.05) is 12.1 Å². The number of halogens is 3. The quantitative estimate of drug-likeness (QED) is 0.122. The zero-order valence-electron chi connectivity index (χ0n) is 34.6. The zero-order valence-corrected chi connectivity index (χ0v) is 34.6. The van der Waals surface area contributed by atoms with Crippen LogP contribution in [0.5, 0.6) is 0 Å². The topological polar surface area (TPSA) is 188 Å². The van der Waals surface area contributed by atoms with Crippen molar-refractivity contribution in [3.8, 4) is 0 Å². The molecule has 2 saturated carbocycles. The zero-order chi connectivity index (χ0) is 44.1. The van der Waals surface area contributed by atoms with Crippen LogP contribution in [0.4, 0.5) is 24.5 Å². The molecule has 4 aromatic rings. The van der Waals surface area contributed by atoms with Gasteiger partial charge in [-0.05, 0) is 108 Å². The Kier molecular flexibility index (Phi) is 11.7. The second-order valence-corrected chi connectivity index (χ2v) is 17.4. The fourth-order valence-electron chi connectivity index (χ4n) is 8.97. The summed E-state index contributed by atoms with van der Waals surface area (Å²) in [7, 11) is 2.09. The van der Waals surface area contributed by atoms with Crippen molar-refractivity contribution >= 4 is 51.8 Å². The molecule has 4 aliphatic rings. The van der Waals surface area contributed by atoms with Crippen molar-refractivity contribution in [3.63, 3.8) is 0 Å². The summed E-state index contributed by atoms with van der Waals surface area (Å²) in [5.41, 5.74) is -0.682. The van der Waals surface area contributed by atoms with Gasteiger partial charge in [0.05, 0.1) is 41.0 Å². The van der Waals surface area contributed by atoms with Crippen molar-refractivity contribution in [1.29, 1.82) is 0 Å². The first-order valence-electron chi connectivity index (χ1n) is 21.0. The van der Waals surface area contributed by atoms with Crippen LogP contribution >= 0.6 is 0 Å². The summed E-state index contributed by atoms with van der Waals surface area (Å²) in [5.74, 6) is -2.47. The Morgan fingerprint density at radius 3 is 2.44 bits per heavy atom. The molecule has 0 spiro atoms. The van der Waals surface area contributed by atoms with Crippen LogP contribution in [0.15, 0.2) is 54.7 Å². The number of aliphatic hydroxyl groups is 1. The number of amides is 5. The van der Waals surface area contributed by atoms with Gasteiger partial charge in [0.25, 0.3) is 17.7 Å². The number of ether oxygens (including phenoxy) is 1. The fraction of sp³-hybridized carbons (Fsp3) is 0.477. The van der Waals surface area contributed by atoms with Gasteiger partial charge in [0.15, 0.2) is 0 Å². The Morgan fingerprint density at radius 2 is 1.73 bits per heavy atom. The summed E-state index contributed by atoms with van der Waals surface area (Å²) in [6.45, 7) is 5.38. The molecular weight excluding hydrogens is 810 g/mol. The Balaban J connectivity index is 0.787. The highest BCUT2D eigenvalue weighted by molar-refractivity contribution is 6.25. The minimum absolute atomic E-state index is 0.0569. The molecule has 4 heterocycles. The molecule has 8 rings (SSSR count). The molecule has 2 aromatic heterocycles. The molecule has 1 atom stereocenters. The number of anilines is 2. The number of hydrogen-bond donors (Lipinski definition) is 4. The van der Waals surface area contributed by atoms with Crippen LogP contribution in [0.25, 0.3) is 10.9 Å². The van der Waals surface area contributed by atoms with Crippen molar-refractivity contribution < 1.29 is 47.0 Å². The monoisotopic (exact) mass is 858 g/mol. The number of alkyl halides is 3. The number of carbonyl (C=O) groups is 5. The lowest BCUT2D eigenvalue weighted by molar-refractivity contribution is -0.141. The van der Waals surface area contributed by atoms with E-state index in [9.17, 15) is 42.3 Å². The van der Waals surface area contributed by atoms with E-state index in [1.165, 1.54) is 6.07 Å². The first-order chi connectivity index (χ1) is 29.4. The smallest absolute Gasteiger partial charge is 0.386 e. The van der Waals surface area contributed by atoms with Gasteiger partial charge < -0.3 is 25.4 Å². The van der Waals surface area contributed by atoms with Gasteiger partial charge in [0.1, 0.15) is 17.4 Å². The fourth-order valence-corrected chi connectivity index (χ4v) is 8.97. The highest BCUT2D eigenvalue weighted by atomic mass is 19.4. The van der Waals surface area contributed by atoms with Gasteiger partial charge >= 0.3 is 6.18 Å². The summed E-state index contributed by atoms with van der Waals surface area (Å²) in [5, 5.41) is 24.8. The van der Waals surface area contributed by atoms with Crippen molar-refractivity contribution in [2.24, 2.45) is 5.92 Å². The molecule has 2 aromatic carbocycles. The third-order valence-electron chi connectivity index (χ3n) is 12.4. The molecule has 328 valence electrons. The van der Waals surface area contributed by atoms with Crippen LogP contribution in [-0.4, -0.2) is 104 Å². The minimum Gasteiger partial charge on any atom is -0.386 e. The Hall–Kier alpha value is -5.72. The molecule has 18 heteroatoms. The van der Waals surface area contributed by atoms with Gasteiger partial charge in [0.2, 0.25) is 11.8 Å². The van der Waals surface area contributed by atoms with Crippen molar-refractivity contribution in [2.75, 3.05) is 37.4 Å². The maximum atomic E-state index is 13.4. The largest absolute Gasteiger partial charge is 0.433 e. The lowest BCUT2D eigenvalue weighted by atomic mass is 9.86. The number of piperidine rings is 1. The number of rotatable bonds is 13. The maximum Gasteiger partial charge on any atom is 0.433 e. The predicted molar refractivity (Wildman–Crippen MR) is 220 cm³/mol. The Morgan fingerprint density at radius 1 is 0.984 bits per heavy atom. The molecule has 1 saturated heterocycles. The Labute approximate surface area is 355 Å². The van der Waals surface area contributed by atoms with E-state index >= 15 is 0 Å². The number of nitrogens with one attached hydrogen (secondary N) is 3. The van der Waals surface area contributed by atoms with Crippen molar-refractivity contribution in [2.45, 2.75) is 101 Å². The number of pyridine rings is 1. The third kappa shape index (κ3) is 8.94. The number of likely N-dealkylation sites (N-methyl/N-ethyl adjacent to an activating group) is 1. The van der Waals surface area contributed by atoms with E-state index < -0.39 is 58.7 Å². The van der Waals surface area contributed by atoms with Crippen molar-refractivity contribution in [1.82, 2.24) is 29.9 Å². The highest BCUT2D eigenvalue weighted by Gasteiger charge is 2.46. The number of benzene rings is 2. The Bertz CT molecular complexity index is 2420. The van der Waals surface area contributed by atoms with Crippen LogP contribution in [0.1, 0.15) is 114 Å².